The molecule has 1 amide bonds. The van der Waals surface area contributed by atoms with Crippen molar-refractivity contribution in [2.45, 2.75) is 6.61 Å². The normalized spacial score (nSPS) is 11.0. The largest absolute Gasteiger partial charge is 0.445 e. The zero-order valence-electron chi connectivity index (χ0n) is 20.5. The van der Waals surface area contributed by atoms with Gasteiger partial charge in [-0.1, -0.05) is 30.3 Å². The zero-order valence-corrected chi connectivity index (χ0v) is 21.2. The number of alkyl carbamates (subject to hydrolysis) is 1. The molecule has 10 nitrogen and oxygen atoms in total. The van der Waals surface area contributed by atoms with Crippen molar-refractivity contribution in [2.24, 2.45) is 0 Å². The summed E-state index contributed by atoms with van der Waals surface area (Å²) < 4.78 is 42.7. The van der Waals surface area contributed by atoms with Crippen molar-refractivity contribution in [2.75, 3.05) is 105 Å². The molecule has 0 aromatic heterocycles. The van der Waals surface area contributed by atoms with Crippen LogP contribution >= 0.6 is 11.6 Å². The third kappa shape index (κ3) is 22.7. The van der Waals surface area contributed by atoms with Gasteiger partial charge in [0.05, 0.1) is 92.5 Å². The number of nitrogens with one attached hydrogen (secondary N) is 1. The molecule has 35 heavy (non-hydrogen) atoms. The monoisotopic (exact) mass is 521 g/mol. The van der Waals surface area contributed by atoms with Crippen molar-refractivity contribution in [1.82, 2.24) is 5.32 Å². The van der Waals surface area contributed by atoms with Crippen LogP contribution in [0.5, 0.6) is 0 Å². The number of hydrogen-bond acceptors (Lipinski definition) is 9. The first-order chi connectivity index (χ1) is 17.3. The minimum Gasteiger partial charge on any atom is -0.445 e. The van der Waals surface area contributed by atoms with Crippen LogP contribution in [-0.4, -0.2) is 111 Å². The minimum absolute atomic E-state index is 0.243. The Morgan fingerprint density at radius 3 is 1.43 bits per heavy atom. The average Bonchev–Trinajstić information content (AvgIpc) is 2.88. The van der Waals surface area contributed by atoms with Gasteiger partial charge in [-0.25, -0.2) is 4.79 Å². The smallest absolute Gasteiger partial charge is 0.407 e. The molecule has 0 unspecified atom stereocenters. The van der Waals surface area contributed by atoms with E-state index in [9.17, 15) is 4.79 Å². The number of carbonyl (C=O) groups excluding carboxylic acids is 1. The second kappa shape index (κ2) is 25.6. The van der Waals surface area contributed by atoms with Crippen molar-refractivity contribution >= 4 is 17.7 Å². The molecule has 1 aromatic rings. The fourth-order valence-electron chi connectivity index (χ4n) is 2.48. The molecule has 0 heterocycles. The molecule has 1 rings (SSSR count). The van der Waals surface area contributed by atoms with Crippen LogP contribution in [0, 0.1) is 0 Å². The number of carbonyl (C=O) groups is 1. The molecule has 11 heteroatoms. The maximum absolute atomic E-state index is 11.6. The summed E-state index contributed by atoms with van der Waals surface area (Å²) in [5, 5.41) is 2.64. The summed E-state index contributed by atoms with van der Waals surface area (Å²) >= 11 is 5.49. The first kappa shape index (κ1) is 31.5. The predicted octanol–water partition coefficient (Wildman–Crippen LogP) is 2.27. The quantitative estimate of drug-likeness (QED) is 0.153. The van der Waals surface area contributed by atoms with E-state index in [0.717, 1.165) is 5.56 Å². The molecule has 0 atom stereocenters. The van der Waals surface area contributed by atoms with Crippen LogP contribution in [-0.2, 0) is 44.5 Å². The van der Waals surface area contributed by atoms with E-state index in [1.165, 1.54) is 0 Å². The Bertz CT molecular complexity index is 583. The van der Waals surface area contributed by atoms with Gasteiger partial charge >= 0.3 is 6.09 Å². The summed E-state index contributed by atoms with van der Waals surface area (Å²) in [6, 6.07) is 9.51. The number of benzene rings is 1. The minimum atomic E-state index is -0.465. The van der Waals surface area contributed by atoms with Crippen LogP contribution in [0.4, 0.5) is 4.79 Å². The van der Waals surface area contributed by atoms with Crippen molar-refractivity contribution in [1.29, 1.82) is 0 Å². The van der Waals surface area contributed by atoms with Crippen molar-refractivity contribution < 1.29 is 42.7 Å². The highest BCUT2D eigenvalue weighted by molar-refractivity contribution is 6.17. The Labute approximate surface area is 213 Å². The first-order valence-electron chi connectivity index (χ1n) is 11.9. The molecule has 202 valence electrons. The second-order valence-electron chi connectivity index (χ2n) is 6.96. The van der Waals surface area contributed by atoms with Gasteiger partial charge < -0.3 is 43.2 Å². The van der Waals surface area contributed by atoms with Gasteiger partial charge in [-0.05, 0) is 5.56 Å². The van der Waals surface area contributed by atoms with Crippen LogP contribution in [0.3, 0.4) is 0 Å². The van der Waals surface area contributed by atoms with Gasteiger partial charge in [0.1, 0.15) is 6.61 Å². The molecule has 1 N–H and O–H groups in total. The molecule has 0 saturated heterocycles. The predicted molar refractivity (Wildman–Crippen MR) is 131 cm³/mol. The maximum Gasteiger partial charge on any atom is 0.407 e. The lowest BCUT2D eigenvalue weighted by Gasteiger charge is -2.09. The highest BCUT2D eigenvalue weighted by atomic mass is 35.5. The summed E-state index contributed by atoms with van der Waals surface area (Å²) in [5.41, 5.74) is 0.941. The van der Waals surface area contributed by atoms with Gasteiger partial charge in [0.25, 0.3) is 0 Å². The van der Waals surface area contributed by atoms with Gasteiger partial charge in [-0.2, -0.15) is 0 Å². The highest BCUT2D eigenvalue weighted by Crippen LogP contribution is 2.00. The summed E-state index contributed by atoms with van der Waals surface area (Å²) in [5.74, 6) is 0.495. The summed E-state index contributed by atoms with van der Waals surface area (Å²) in [7, 11) is 0. The summed E-state index contributed by atoms with van der Waals surface area (Å²) in [4.78, 5) is 11.6. The van der Waals surface area contributed by atoms with Crippen LogP contribution in [0.15, 0.2) is 30.3 Å². The molecule has 0 aliphatic rings. The van der Waals surface area contributed by atoms with Crippen molar-refractivity contribution in [3.8, 4) is 0 Å². The van der Waals surface area contributed by atoms with Crippen molar-refractivity contribution in [3.63, 3.8) is 0 Å². The molecule has 0 aliphatic heterocycles. The third-order valence-corrected chi connectivity index (χ3v) is 4.34. The Morgan fingerprint density at radius 2 is 1.00 bits per heavy atom. The van der Waals surface area contributed by atoms with Gasteiger partial charge in [0.2, 0.25) is 0 Å². The summed E-state index contributed by atoms with van der Waals surface area (Å²) in [6.45, 7) is 7.57. The number of hydrogen-bond donors (Lipinski definition) is 1. The van der Waals surface area contributed by atoms with E-state index in [1.807, 2.05) is 30.3 Å². The fourth-order valence-corrected chi connectivity index (χ4v) is 2.58. The number of alkyl halides is 1. The molecule has 0 aliphatic carbocycles. The van der Waals surface area contributed by atoms with Crippen LogP contribution in [0.2, 0.25) is 0 Å². The lowest BCUT2D eigenvalue weighted by Crippen LogP contribution is -2.28. The average molecular weight is 522 g/mol. The van der Waals surface area contributed by atoms with Crippen LogP contribution in [0.25, 0.3) is 0 Å². The standard InChI is InChI=1S/C24H40ClNO9/c25-6-8-28-10-12-30-14-16-32-18-20-34-21-19-33-17-15-31-13-11-29-9-7-26-24(27)35-22-23-4-2-1-3-5-23/h1-5H,6-22H2,(H,26,27). The first-order valence-corrected chi connectivity index (χ1v) is 12.4. The van der Waals surface area contributed by atoms with E-state index < -0.39 is 6.09 Å². The van der Waals surface area contributed by atoms with Gasteiger partial charge in [0, 0.05) is 12.4 Å². The van der Waals surface area contributed by atoms with E-state index in [-0.39, 0.29) is 6.61 Å². The highest BCUT2D eigenvalue weighted by Gasteiger charge is 2.01. The van der Waals surface area contributed by atoms with Gasteiger partial charge in [-0.3, -0.25) is 0 Å². The molecule has 0 spiro atoms. The number of rotatable bonds is 25. The molecule has 1 aromatic carbocycles. The lowest BCUT2D eigenvalue weighted by molar-refractivity contribution is -0.0199. The van der Waals surface area contributed by atoms with E-state index in [1.54, 1.807) is 0 Å². The fraction of sp³-hybridized carbons (Fsp3) is 0.708. The van der Waals surface area contributed by atoms with Gasteiger partial charge in [0.15, 0.2) is 0 Å². The molecule has 0 fully saturated rings. The van der Waals surface area contributed by atoms with Crippen LogP contribution in [0.1, 0.15) is 5.56 Å². The van der Waals surface area contributed by atoms with Crippen molar-refractivity contribution in [3.05, 3.63) is 35.9 Å². The number of ether oxygens (including phenoxy) is 8. The third-order valence-electron chi connectivity index (χ3n) is 4.18. The zero-order chi connectivity index (χ0) is 25.1. The Kier molecular flexibility index (Phi) is 23.1. The SMILES string of the molecule is O=C(NCCOCCOCCOCCOCCOCCOCCOCCCl)OCc1ccccc1. The van der Waals surface area contributed by atoms with E-state index in [4.69, 9.17) is 49.5 Å². The molecule has 0 radical (unpaired) electrons. The van der Waals surface area contributed by atoms with Crippen LogP contribution < -0.4 is 5.32 Å². The Hall–Kier alpha value is -1.50. The maximum atomic E-state index is 11.6. The number of halogens is 1. The van der Waals surface area contributed by atoms with E-state index in [2.05, 4.69) is 5.32 Å². The molecule has 0 saturated carbocycles. The molecular weight excluding hydrogens is 482 g/mol. The topological polar surface area (TPSA) is 103 Å². The second-order valence-corrected chi connectivity index (χ2v) is 7.34. The molecular formula is C24H40ClNO9. The Balaban J connectivity index is 1.69. The molecule has 0 bridgehead atoms. The van der Waals surface area contributed by atoms with E-state index in [0.29, 0.717) is 105 Å². The Morgan fingerprint density at radius 1 is 0.600 bits per heavy atom. The van der Waals surface area contributed by atoms with Gasteiger partial charge in [-0.15, -0.1) is 11.6 Å². The summed E-state index contributed by atoms with van der Waals surface area (Å²) in [6.07, 6.45) is -0.465. The van der Waals surface area contributed by atoms with E-state index >= 15 is 0 Å². The number of amides is 1. The lowest BCUT2D eigenvalue weighted by atomic mass is 10.2.